The second-order valence-corrected chi connectivity index (χ2v) is 12.4. The minimum Gasteiger partial charge on any atom is -0.497 e. The van der Waals surface area contributed by atoms with Crippen LogP contribution in [0.3, 0.4) is 0 Å². The molecule has 1 aliphatic carbocycles. The Labute approximate surface area is 247 Å². The molecule has 2 amide bonds. The van der Waals surface area contributed by atoms with Gasteiger partial charge < -0.3 is 15.0 Å². The lowest BCUT2D eigenvalue weighted by Crippen LogP contribution is -2.53. The Morgan fingerprint density at radius 2 is 1.61 bits per heavy atom. The zero-order valence-corrected chi connectivity index (χ0v) is 24.9. The maximum atomic E-state index is 14.1. The van der Waals surface area contributed by atoms with E-state index in [1.165, 1.54) is 24.1 Å². The van der Waals surface area contributed by atoms with E-state index in [2.05, 4.69) is 5.32 Å². The Bertz CT molecular complexity index is 1410. The first-order valence-electron chi connectivity index (χ1n) is 13.8. The molecule has 0 spiro atoms. The van der Waals surface area contributed by atoms with Crippen molar-refractivity contribution in [3.8, 4) is 5.75 Å². The molecule has 8 nitrogen and oxygen atoms in total. The molecule has 218 valence electrons. The summed E-state index contributed by atoms with van der Waals surface area (Å²) in [4.78, 5) is 29.2. The maximum Gasteiger partial charge on any atom is 0.264 e. The maximum absolute atomic E-state index is 14.1. The normalized spacial score (nSPS) is 14.3. The molecule has 0 heterocycles. The van der Waals surface area contributed by atoms with Gasteiger partial charge in [0.05, 0.1) is 17.7 Å². The summed E-state index contributed by atoms with van der Waals surface area (Å²) in [5.74, 6) is -0.177. The molecule has 0 aromatic heterocycles. The van der Waals surface area contributed by atoms with Crippen molar-refractivity contribution in [1.29, 1.82) is 0 Å². The molecule has 1 fully saturated rings. The fraction of sp³-hybridized carbons (Fsp3) is 0.355. The van der Waals surface area contributed by atoms with E-state index in [1.807, 2.05) is 6.92 Å². The minimum atomic E-state index is -4.13. The van der Waals surface area contributed by atoms with Gasteiger partial charge >= 0.3 is 0 Å². The highest BCUT2D eigenvalue weighted by molar-refractivity contribution is 7.92. The van der Waals surface area contributed by atoms with Crippen molar-refractivity contribution in [1.82, 2.24) is 10.2 Å². The van der Waals surface area contributed by atoms with Gasteiger partial charge in [-0.15, -0.1) is 0 Å². The van der Waals surface area contributed by atoms with E-state index in [4.69, 9.17) is 16.3 Å². The minimum absolute atomic E-state index is 0.0545. The number of amides is 2. The van der Waals surface area contributed by atoms with Crippen LogP contribution in [-0.2, 0) is 26.2 Å². The van der Waals surface area contributed by atoms with E-state index in [1.54, 1.807) is 66.7 Å². The summed E-state index contributed by atoms with van der Waals surface area (Å²) in [6.07, 6.45) is 4.31. The summed E-state index contributed by atoms with van der Waals surface area (Å²) in [6.45, 7) is 1.47. The van der Waals surface area contributed by atoms with Crippen LogP contribution < -0.4 is 14.4 Å². The van der Waals surface area contributed by atoms with Crippen molar-refractivity contribution >= 4 is 39.1 Å². The molecule has 10 heteroatoms. The van der Waals surface area contributed by atoms with E-state index in [9.17, 15) is 18.0 Å². The number of hydrogen-bond donors (Lipinski definition) is 1. The molecule has 1 unspecified atom stereocenters. The van der Waals surface area contributed by atoms with Gasteiger partial charge in [0.15, 0.2) is 0 Å². The Morgan fingerprint density at radius 1 is 0.976 bits per heavy atom. The fourth-order valence-corrected chi connectivity index (χ4v) is 6.63. The predicted octanol–water partition coefficient (Wildman–Crippen LogP) is 5.41. The molecule has 1 saturated carbocycles. The highest BCUT2D eigenvalue weighted by Crippen LogP contribution is 2.27. The SMILES string of the molecule is CCC(C(=O)NC1CCCC1)N(Cc1ccc(Cl)cc1)C(=O)CN(c1ccc(OC)cc1)S(=O)(=O)c1ccccc1. The van der Waals surface area contributed by atoms with Gasteiger partial charge in [-0.05, 0) is 73.4 Å². The van der Waals surface area contributed by atoms with Gasteiger partial charge in [-0.25, -0.2) is 8.42 Å². The van der Waals surface area contributed by atoms with Crippen molar-refractivity contribution < 1.29 is 22.7 Å². The van der Waals surface area contributed by atoms with E-state index in [0.29, 0.717) is 22.9 Å². The first-order valence-corrected chi connectivity index (χ1v) is 15.6. The van der Waals surface area contributed by atoms with Gasteiger partial charge in [-0.1, -0.05) is 61.7 Å². The highest BCUT2D eigenvalue weighted by atomic mass is 35.5. The third-order valence-electron chi connectivity index (χ3n) is 7.32. The number of sulfonamides is 1. The molecule has 3 aromatic carbocycles. The van der Waals surface area contributed by atoms with Gasteiger partial charge in [0, 0.05) is 17.6 Å². The lowest BCUT2D eigenvalue weighted by Gasteiger charge is -2.33. The number of nitrogens with zero attached hydrogens (tertiary/aromatic N) is 2. The third-order valence-corrected chi connectivity index (χ3v) is 9.36. The smallest absolute Gasteiger partial charge is 0.264 e. The Morgan fingerprint density at radius 3 is 2.20 bits per heavy atom. The number of nitrogens with one attached hydrogen (secondary N) is 1. The number of methoxy groups -OCH3 is 1. The summed E-state index contributed by atoms with van der Waals surface area (Å²) in [5, 5.41) is 3.67. The molecule has 0 bridgehead atoms. The average molecular weight is 598 g/mol. The van der Waals surface area contributed by atoms with Crippen LogP contribution in [0.15, 0.2) is 83.8 Å². The predicted molar refractivity (Wildman–Crippen MR) is 160 cm³/mol. The van der Waals surface area contributed by atoms with Gasteiger partial charge in [0.1, 0.15) is 18.3 Å². The molecular formula is C31H36ClN3O5S. The second kappa shape index (κ2) is 13.9. The fourth-order valence-electron chi connectivity index (χ4n) is 5.07. The summed E-state index contributed by atoms with van der Waals surface area (Å²) in [7, 11) is -2.60. The van der Waals surface area contributed by atoms with Crippen LogP contribution >= 0.6 is 11.6 Å². The number of ether oxygens (including phenoxy) is 1. The summed E-state index contributed by atoms with van der Waals surface area (Å²) in [5.41, 5.74) is 1.08. The zero-order valence-electron chi connectivity index (χ0n) is 23.3. The summed E-state index contributed by atoms with van der Waals surface area (Å²) >= 11 is 6.09. The van der Waals surface area contributed by atoms with Crippen LogP contribution in [0, 0.1) is 0 Å². The molecule has 0 aliphatic heterocycles. The quantitative estimate of drug-likeness (QED) is 0.301. The van der Waals surface area contributed by atoms with Crippen LogP contribution in [-0.4, -0.2) is 50.9 Å². The Kier molecular flexibility index (Phi) is 10.3. The first kappa shape index (κ1) is 30.4. The van der Waals surface area contributed by atoms with Gasteiger partial charge in [-0.2, -0.15) is 0 Å². The molecule has 1 aliphatic rings. The lowest BCUT2D eigenvalue weighted by molar-refractivity contribution is -0.140. The molecule has 3 aromatic rings. The van der Waals surface area contributed by atoms with Crippen LogP contribution in [0.5, 0.6) is 5.75 Å². The number of benzene rings is 3. The van der Waals surface area contributed by atoms with Crippen molar-refractivity contribution in [3.05, 3.63) is 89.4 Å². The van der Waals surface area contributed by atoms with Gasteiger partial charge in [0.2, 0.25) is 11.8 Å². The number of halogens is 1. The lowest BCUT2D eigenvalue weighted by atomic mass is 10.1. The summed E-state index contributed by atoms with van der Waals surface area (Å²) < 4.78 is 34.1. The second-order valence-electron chi connectivity index (χ2n) is 10.1. The number of carbonyl (C=O) groups excluding carboxylic acids is 2. The number of rotatable bonds is 12. The van der Waals surface area contributed by atoms with Crippen molar-refractivity contribution in [2.24, 2.45) is 0 Å². The van der Waals surface area contributed by atoms with E-state index in [-0.39, 0.29) is 23.4 Å². The summed E-state index contributed by atoms with van der Waals surface area (Å²) in [6, 6.07) is 20.8. The molecular weight excluding hydrogens is 562 g/mol. The van der Waals surface area contributed by atoms with E-state index >= 15 is 0 Å². The Balaban J connectivity index is 1.70. The zero-order chi connectivity index (χ0) is 29.4. The van der Waals surface area contributed by atoms with E-state index in [0.717, 1.165) is 35.6 Å². The molecule has 0 saturated heterocycles. The Hall–Kier alpha value is -3.56. The topological polar surface area (TPSA) is 96.0 Å². The van der Waals surface area contributed by atoms with Gasteiger partial charge in [-0.3, -0.25) is 13.9 Å². The molecule has 1 N–H and O–H groups in total. The molecule has 0 radical (unpaired) electrons. The van der Waals surface area contributed by atoms with E-state index < -0.39 is 28.5 Å². The van der Waals surface area contributed by atoms with Crippen molar-refractivity contribution in [2.75, 3.05) is 18.0 Å². The molecule has 1 atom stereocenters. The molecule has 41 heavy (non-hydrogen) atoms. The molecule has 4 rings (SSSR count). The average Bonchev–Trinajstić information content (AvgIpc) is 3.50. The van der Waals surface area contributed by atoms with Crippen LogP contribution in [0.2, 0.25) is 5.02 Å². The highest BCUT2D eigenvalue weighted by Gasteiger charge is 2.34. The third kappa shape index (κ3) is 7.59. The first-order chi connectivity index (χ1) is 19.7. The number of carbonyl (C=O) groups is 2. The van der Waals surface area contributed by atoms with Crippen LogP contribution in [0.25, 0.3) is 0 Å². The van der Waals surface area contributed by atoms with Crippen molar-refractivity contribution in [3.63, 3.8) is 0 Å². The monoisotopic (exact) mass is 597 g/mol. The standard InChI is InChI=1S/C31H36ClN3O5S/c1-3-29(31(37)33-25-9-7-8-10-25)34(21-23-13-15-24(32)16-14-23)30(36)22-35(26-17-19-27(40-2)20-18-26)41(38,39)28-11-5-4-6-12-28/h4-6,11-20,25,29H,3,7-10,21-22H2,1-2H3,(H,33,37). The van der Waals surface area contributed by atoms with Crippen LogP contribution in [0.1, 0.15) is 44.6 Å². The number of anilines is 1. The number of hydrogen-bond acceptors (Lipinski definition) is 5. The van der Waals surface area contributed by atoms with Gasteiger partial charge in [0.25, 0.3) is 10.0 Å². The largest absolute Gasteiger partial charge is 0.497 e. The van der Waals surface area contributed by atoms with Crippen LogP contribution in [0.4, 0.5) is 5.69 Å². The van der Waals surface area contributed by atoms with Crippen molar-refractivity contribution in [2.45, 2.75) is 62.6 Å².